The fourth-order valence-electron chi connectivity index (χ4n) is 3.75. The van der Waals surface area contributed by atoms with Gasteiger partial charge in [0, 0.05) is 29.4 Å². The van der Waals surface area contributed by atoms with Crippen LogP contribution in [0.25, 0.3) is 22.2 Å². The van der Waals surface area contributed by atoms with Gasteiger partial charge in [-0.1, -0.05) is 24.3 Å². The van der Waals surface area contributed by atoms with Crippen LogP contribution in [0.4, 0.5) is 4.39 Å². The van der Waals surface area contributed by atoms with Crippen molar-refractivity contribution in [1.29, 1.82) is 0 Å². The van der Waals surface area contributed by atoms with E-state index in [0.717, 1.165) is 22.0 Å². The van der Waals surface area contributed by atoms with Gasteiger partial charge in [-0.25, -0.2) is 4.39 Å². The molecule has 0 spiro atoms. The molecule has 1 atom stereocenters. The number of hydrogen-bond acceptors (Lipinski definition) is 2. The van der Waals surface area contributed by atoms with Crippen molar-refractivity contribution in [3.05, 3.63) is 59.4 Å². The van der Waals surface area contributed by atoms with E-state index in [0.29, 0.717) is 30.6 Å². The maximum absolute atomic E-state index is 14.6. The van der Waals surface area contributed by atoms with Gasteiger partial charge in [0.2, 0.25) is 11.8 Å². The van der Waals surface area contributed by atoms with Crippen molar-refractivity contribution in [3.63, 3.8) is 0 Å². The minimum absolute atomic E-state index is 0.136. The predicted octanol–water partition coefficient (Wildman–Crippen LogP) is 3.22. The molecule has 0 aliphatic carbocycles. The quantitative estimate of drug-likeness (QED) is 0.637. The molecule has 0 radical (unpaired) electrons. The van der Waals surface area contributed by atoms with E-state index in [1.54, 1.807) is 6.07 Å². The molecule has 1 aliphatic heterocycles. The topological polar surface area (TPSA) is 74.0 Å². The first-order valence-corrected chi connectivity index (χ1v) is 9.46. The third-order valence-corrected chi connectivity index (χ3v) is 5.19. The highest BCUT2D eigenvalue weighted by atomic mass is 19.1. The Morgan fingerprint density at radius 1 is 1.25 bits per heavy atom. The maximum Gasteiger partial charge on any atom is 0.242 e. The van der Waals surface area contributed by atoms with Gasteiger partial charge in [0.15, 0.2) is 0 Å². The molecule has 1 saturated heterocycles. The number of benzene rings is 2. The Hall–Kier alpha value is -3.15. The fourth-order valence-corrected chi connectivity index (χ4v) is 3.75. The van der Waals surface area contributed by atoms with E-state index >= 15 is 0 Å². The van der Waals surface area contributed by atoms with Gasteiger partial charge in [0.1, 0.15) is 11.9 Å². The van der Waals surface area contributed by atoms with E-state index in [-0.39, 0.29) is 24.1 Å². The number of halogens is 1. The Balaban J connectivity index is 1.62. The Kier molecular flexibility index (Phi) is 4.86. The van der Waals surface area contributed by atoms with Crippen LogP contribution in [-0.2, 0) is 16.0 Å². The van der Waals surface area contributed by atoms with E-state index in [2.05, 4.69) is 15.6 Å². The van der Waals surface area contributed by atoms with Gasteiger partial charge in [0.25, 0.3) is 0 Å². The molecular weight excluding hydrogens is 357 g/mol. The highest BCUT2D eigenvalue weighted by Crippen LogP contribution is 2.33. The maximum atomic E-state index is 14.6. The third-order valence-electron chi connectivity index (χ3n) is 5.19. The zero-order valence-electron chi connectivity index (χ0n) is 15.6. The first-order chi connectivity index (χ1) is 13.5. The summed E-state index contributed by atoms with van der Waals surface area (Å²) in [6.07, 6.45) is 1.29. The molecule has 2 amide bonds. The molecule has 144 valence electrons. The van der Waals surface area contributed by atoms with E-state index in [1.807, 2.05) is 37.3 Å². The van der Waals surface area contributed by atoms with Gasteiger partial charge in [0.05, 0.1) is 5.69 Å². The summed E-state index contributed by atoms with van der Waals surface area (Å²) >= 11 is 0. The summed E-state index contributed by atoms with van der Waals surface area (Å²) < 4.78 is 14.6. The lowest BCUT2D eigenvalue weighted by molar-refractivity contribution is -0.127. The summed E-state index contributed by atoms with van der Waals surface area (Å²) in [5, 5.41) is 6.47. The largest absolute Gasteiger partial charge is 0.354 e. The molecule has 6 heteroatoms. The molecule has 1 aromatic heterocycles. The molecule has 28 heavy (non-hydrogen) atoms. The molecule has 3 aromatic rings. The summed E-state index contributed by atoms with van der Waals surface area (Å²) in [5.74, 6) is -0.606. The van der Waals surface area contributed by atoms with Crippen LogP contribution >= 0.6 is 0 Å². The van der Waals surface area contributed by atoms with Crippen molar-refractivity contribution in [2.75, 3.05) is 6.54 Å². The van der Waals surface area contributed by atoms with Crippen LogP contribution in [0.2, 0.25) is 0 Å². The van der Waals surface area contributed by atoms with Crippen LogP contribution in [0, 0.1) is 12.7 Å². The molecule has 1 aliphatic rings. The summed E-state index contributed by atoms with van der Waals surface area (Å²) in [7, 11) is 0. The van der Waals surface area contributed by atoms with Gasteiger partial charge in [-0.05, 0) is 49.1 Å². The number of carbonyl (C=O) groups is 2. The first kappa shape index (κ1) is 18.2. The molecule has 5 nitrogen and oxygen atoms in total. The normalized spacial score (nSPS) is 16.4. The molecule has 0 bridgehead atoms. The van der Waals surface area contributed by atoms with E-state index in [4.69, 9.17) is 0 Å². The second kappa shape index (κ2) is 7.46. The Morgan fingerprint density at radius 2 is 2.07 bits per heavy atom. The van der Waals surface area contributed by atoms with Crippen LogP contribution in [0.5, 0.6) is 0 Å². The third kappa shape index (κ3) is 3.50. The van der Waals surface area contributed by atoms with Gasteiger partial charge < -0.3 is 15.6 Å². The molecule has 3 N–H and O–H groups in total. The van der Waals surface area contributed by atoms with Crippen LogP contribution < -0.4 is 10.6 Å². The van der Waals surface area contributed by atoms with Gasteiger partial charge in [-0.15, -0.1) is 0 Å². The Bertz CT molecular complexity index is 1060. The highest BCUT2D eigenvalue weighted by molar-refractivity contribution is 5.92. The molecule has 4 rings (SSSR count). The van der Waals surface area contributed by atoms with Crippen molar-refractivity contribution in [3.8, 4) is 11.3 Å². The smallest absolute Gasteiger partial charge is 0.242 e. The van der Waals surface area contributed by atoms with Crippen molar-refractivity contribution in [1.82, 2.24) is 15.6 Å². The molecule has 1 unspecified atom stereocenters. The number of amides is 2. The monoisotopic (exact) mass is 379 g/mol. The van der Waals surface area contributed by atoms with E-state index in [9.17, 15) is 14.0 Å². The summed E-state index contributed by atoms with van der Waals surface area (Å²) in [5.41, 5.74) is 3.86. The SMILES string of the molecule is Cc1ccc(-c2[nH]c3ccccc3c2CCC(=O)NC2CCNC2=O)c(F)c1. The number of para-hydroxylation sites is 1. The average Bonchev–Trinajstić information content (AvgIpc) is 3.23. The minimum Gasteiger partial charge on any atom is -0.354 e. The number of carbonyl (C=O) groups excluding carboxylic acids is 2. The molecule has 1 fully saturated rings. The molecule has 2 heterocycles. The van der Waals surface area contributed by atoms with Crippen LogP contribution in [0.1, 0.15) is 24.0 Å². The number of aromatic amines is 1. The molecule has 0 saturated carbocycles. The minimum atomic E-state index is -0.454. The van der Waals surface area contributed by atoms with Crippen molar-refractivity contribution in [2.45, 2.75) is 32.2 Å². The summed E-state index contributed by atoms with van der Waals surface area (Å²) in [6.45, 7) is 2.44. The number of aryl methyl sites for hydroxylation is 2. The lowest BCUT2D eigenvalue weighted by atomic mass is 9.99. The van der Waals surface area contributed by atoms with Crippen molar-refractivity contribution < 1.29 is 14.0 Å². The lowest BCUT2D eigenvalue weighted by Gasteiger charge is -2.11. The van der Waals surface area contributed by atoms with Gasteiger partial charge in [-0.2, -0.15) is 0 Å². The van der Waals surface area contributed by atoms with Crippen molar-refractivity contribution in [2.24, 2.45) is 0 Å². The predicted molar refractivity (Wildman–Crippen MR) is 106 cm³/mol. The molecular formula is C22H22FN3O2. The Labute approximate surface area is 162 Å². The van der Waals surface area contributed by atoms with Crippen LogP contribution in [-0.4, -0.2) is 29.4 Å². The Morgan fingerprint density at radius 3 is 2.82 bits per heavy atom. The number of nitrogens with one attached hydrogen (secondary N) is 3. The van der Waals surface area contributed by atoms with Gasteiger partial charge in [-0.3, -0.25) is 9.59 Å². The number of hydrogen-bond donors (Lipinski definition) is 3. The molecule has 2 aromatic carbocycles. The zero-order chi connectivity index (χ0) is 19.7. The summed E-state index contributed by atoms with van der Waals surface area (Å²) in [4.78, 5) is 27.3. The lowest BCUT2D eigenvalue weighted by Crippen LogP contribution is -2.40. The standard InChI is InChI=1S/C22H22FN3O2/c1-13-6-7-16(17(23)12-13)21-15(14-4-2-3-5-18(14)26-21)8-9-20(27)25-19-10-11-24-22(19)28/h2-7,12,19,26H,8-11H2,1H3,(H,24,28)(H,25,27). The number of rotatable bonds is 5. The fraction of sp³-hybridized carbons (Fsp3) is 0.273. The number of fused-ring (bicyclic) bond motifs is 1. The van der Waals surface area contributed by atoms with E-state index < -0.39 is 6.04 Å². The van der Waals surface area contributed by atoms with Crippen LogP contribution in [0.3, 0.4) is 0 Å². The van der Waals surface area contributed by atoms with Crippen LogP contribution in [0.15, 0.2) is 42.5 Å². The summed E-state index contributed by atoms with van der Waals surface area (Å²) in [6, 6.07) is 12.5. The average molecular weight is 379 g/mol. The second-order valence-electron chi connectivity index (χ2n) is 7.21. The van der Waals surface area contributed by atoms with E-state index in [1.165, 1.54) is 6.07 Å². The van der Waals surface area contributed by atoms with Crippen molar-refractivity contribution >= 4 is 22.7 Å². The number of H-pyrrole nitrogens is 1. The van der Waals surface area contributed by atoms with Gasteiger partial charge >= 0.3 is 0 Å². The second-order valence-corrected chi connectivity index (χ2v) is 7.21. The first-order valence-electron chi connectivity index (χ1n) is 9.46. The zero-order valence-corrected chi connectivity index (χ0v) is 15.6. The highest BCUT2D eigenvalue weighted by Gasteiger charge is 2.25. The number of aromatic nitrogens is 1.